The molecule has 2 aliphatic rings. The Kier molecular flexibility index (Phi) is 5.75. The van der Waals surface area contributed by atoms with E-state index in [-0.39, 0.29) is 22.8 Å². The Morgan fingerprint density at radius 3 is 2.69 bits per heavy atom. The number of rotatable bonds is 6. The Morgan fingerprint density at radius 1 is 1.34 bits per heavy atom. The minimum absolute atomic E-state index is 0.118. The van der Waals surface area contributed by atoms with Crippen LogP contribution in [0.5, 0.6) is 5.75 Å². The number of fused-ring (bicyclic) bond motifs is 1. The van der Waals surface area contributed by atoms with E-state index in [0.717, 1.165) is 24.2 Å². The Hall–Kier alpha value is -2.87. The van der Waals surface area contributed by atoms with Gasteiger partial charge in [0.1, 0.15) is 11.3 Å². The Bertz CT molecular complexity index is 1070. The molecule has 0 saturated heterocycles. The summed E-state index contributed by atoms with van der Waals surface area (Å²) in [5.74, 6) is -0.169. The van der Waals surface area contributed by atoms with Crippen LogP contribution >= 0.6 is 0 Å². The number of aromatic nitrogens is 2. The summed E-state index contributed by atoms with van der Waals surface area (Å²) in [5.41, 5.74) is 9.32. The first-order chi connectivity index (χ1) is 15.1. The number of nitrogens with two attached hydrogens (primary N) is 1. The Balaban J connectivity index is 1.89. The number of amides is 1. The maximum absolute atomic E-state index is 12.9. The molecule has 2 aliphatic carbocycles. The first-order valence-electron chi connectivity index (χ1n) is 11.3. The van der Waals surface area contributed by atoms with E-state index in [1.165, 1.54) is 7.11 Å². The number of nitrogens with one attached hydrogen (secondary N) is 1. The first-order valence-corrected chi connectivity index (χ1v) is 11.3. The van der Waals surface area contributed by atoms with Crippen molar-refractivity contribution in [3.05, 3.63) is 34.6 Å². The maximum Gasteiger partial charge on any atom is 0.254 e. The van der Waals surface area contributed by atoms with Crippen LogP contribution in [0.4, 0.5) is 5.69 Å². The first kappa shape index (κ1) is 22.3. The number of ether oxygens (including phenoxy) is 1. The molecule has 2 atom stereocenters. The van der Waals surface area contributed by atoms with Gasteiger partial charge in [0.05, 0.1) is 47.6 Å². The predicted molar refractivity (Wildman–Crippen MR) is 122 cm³/mol. The number of anilines is 1. The summed E-state index contributed by atoms with van der Waals surface area (Å²) in [4.78, 5) is 25.2. The largest absolute Gasteiger partial charge is 0.496 e. The molecule has 1 aromatic carbocycles. The van der Waals surface area contributed by atoms with Crippen molar-refractivity contribution >= 4 is 17.4 Å². The van der Waals surface area contributed by atoms with Gasteiger partial charge >= 0.3 is 0 Å². The van der Waals surface area contributed by atoms with Gasteiger partial charge in [-0.1, -0.05) is 20.8 Å². The van der Waals surface area contributed by atoms with Crippen LogP contribution < -0.4 is 15.8 Å². The highest BCUT2D eigenvalue weighted by atomic mass is 16.5. The second-order valence-electron chi connectivity index (χ2n) is 9.66. The molecule has 8 nitrogen and oxygen atoms in total. The van der Waals surface area contributed by atoms with E-state index in [1.54, 1.807) is 10.7 Å². The van der Waals surface area contributed by atoms with Crippen LogP contribution in [0, 0.1) is 5.41 Å². The molecule has 2 aromatic rings. The molecule has 0 bridgehead atoms. The quantitative estimate of drug-likeness (QED) is 0.635. The topological polar surface area (TPSA) is 119 Å². The molecular formula is C24H32N4O4. The van der Waals surface area contributed by atoms with Gasteiger partial charge in [-0.3, -0.25) is 9.59 Å². The molecule has 0 aliphatic heterocycles. The van der Waals surface area contributed by atoms with Crippen molar-refractivity contribution in [1.29, 1.82) is 0 Å². The van der Waals surface area contributed by atoms with Gasteiger partial charge in [0.25, 0.3) is 5.91 Å². The van der Waals surface area contributed by atoms with Gasteiger partial charge in [0, 0.05) is 12.5 Å². The maximum atomic E-state index is 12.9. The smallest absolute Gasteiger partial charge is 0.254 e. The van der Waals surface area contributed by atoms with Crippen molar-refractivity contribution in [3.8, 4) is 11.4 Å². The molecule has 4 N–H and O–H groups in total. The van der Waals surface area contributed by atoms with E-state index in [4.69, 9.17) is 15.6 Å². The van der Waals surface area contributed by atoms with Crippen LogP contribution in [-0.2, 0) is 12.8 Å². The lowest BCUT2D eigenvalue weighted by Crippen LogP contribution is -2.30. The molecule has 2 unspecified atom stereocenters. The number of Topliss-reactive ketones (excluding diaryl/α,β-unsaturated/α-hetero) is 1. The van der Waals surface area contributed by atoms with Gasteiger partial charge in [-0.2, -0.15) is 5.10 Å². The molecule has 1 heterocycles. The zero-order chi connectivity index (χ0) is 23.2. The molecule has 32 heavy (non-hydrogen) atoms. The Morgan fingerprint density at radius 2 is 2.09 bits per heavy atom. The van der Waals surface area contributed by atoms with E-state index in [9.17, 15) is 14.7 Å². The zero-order valence-electron chi connectivity index (χ0n) is 19.2. The lowest BCUT2D eigenvalue weighted by Gasteiger charge is -2.29. The van der Waals surface area contributed by atoms with Gasteiger partial charge < -0.3 is 20.9 Å². The normalized spacial score (nSPS) is 22.0. The number of aliphatic hydroxyl groups excluding tert-OH is 1. The summed E-state index contributed by atoms with van der Waals surface area (Å²) in [6.45, 7) is 6.16. The standard InChI is InChI=1S/C24H32N4O4/c1-5-14-21-17(11-24(2,3)12-19(21)30)28(27-14)13-9-16(26-15-7-6-8-18(15)29)22(23(25)31)20(10-13)32-4/h9-10,15,18,26,29H,5-8,11-12H2,1-4H3,(H2,25,31). The van der Waals surface area contributed by atoms with Crippen LogP contribution in [0.15, 0.2) is 12.1 Å². The van der Waals surface area contributed by atoms with Crippen LogP contribution in [0.2, 0.25) is 0 Å². The van der Waals surface area contributed by atoms with Gasteiger partial charge in [0.2, 0.25) is 0 Å². The van der Waals surface area contributed by atoms with E-state index in [0.29, 0.717) is 48.4 Å². The SMILES string of the molecule is CCc1nn(-c2cc(NC3CCCC3O)c(C(N)=O)c(OC)c2)c2c1C(=O)CC(C)(C)C2. The predicted octanol–water partition coefficient (Wildman–Crippen LogP) is 3.02. The summed E-state index contributed by atoms with van der Waals surface area (Å²) in [7, 11) is 1.49. The summed E-state index contributed by atoms with van der Waals surface area (Å²) < 4.78 is 7.33. The highest BCUT2D eigenvalue weighted by Gasteiger charge is 2.36. The summed E-state index contributed by atoms with van der Waals surface area (Å²) in [6.07, 6.45) is 3.78. The summed E-state index contributed by atoms with van der Waals surface area (Å²) >= 11 is 0. The molecule has 1 fully saturated rings. The average molecular weight is 441 g/mol. The van der Waals surface area contributed by atoms with Gasteiger partial charge in [-0.25, -0.2) is 4.68 Å². The van der Waals surface area contributed by atoms with Crippen molar-refractivity contribution in [2.24, 2.45) is 11.1 Å². The van der Waals surface area contributed by atoms with E-state index >= 15 is 0 Å². The monoisotopic (exact) mass is 440 g/mol. The lowest BCUT2D eigenvalue weighted by molar-refractivity contribution is 0.0909. The van der Waals surface area contributed by atoms with Gasteiger partial charge in [-0.05, 0) is 43.6 Å². The fourth-order valence-electron chi connectivity index (χ4n) is 5.05. The van der Waals surface area contributed by atoms with E-state index in [1.807, 2.05) is 13.0 Å². The van der Waals surface area contributed by atoms with Crippen LogP contribution in [0.1, 0.15) is 78.6 Å². The van der Waals surface area contributed by atoms with E-state index in [2.05, 4.69) is 19.2 Å². The molecule has 0 radical (unpaired) electrons. The lowest BCUT2D eigenvalue weighted by atomic mass is 9.75. The average Bonchev–Trinajstić information content (AvgIpc) is 3.29. The Labute approximate surface area is 188 Å². The number of benzene rings is 1. The molecule has 1 amide bonds. The molecule has 172 valence electrons. The molecule has 1 saturated carbocycles. The number of nitrogens with zero attached hydrogens (tertiary/aromatic N) is 2. The van der Waals surface area contributed by atoms with E-state index < -0.39 is 12.0 Å². The number of methoxy groups -OCH3 is 1. The molecule has 8 heteroatoms. The zero-order valence-corrected chi connectivity index (χ0v) is 19.2. The molecular weight excluding hydrogens is 408 g/mol. The molecule has 0 spiro atoms. The van der Waals surface area contributed by atoms with Gasteiger partial charge in [0.15, 0.2) is 5.78 Å². The van der Waals surface area contributed by atoms with Crippen LogP contribution in [0.25, 0.3) is 5.69 Å². The number of aliphatic hydroxyl groups is 1. The summed E-state index contributed by atoms with van der Waals surface area (Å²) in [5, 5.41) is 18.4. The fourth-order valence-corrected chi connectivity index (χ4v) is 5.05. The van der Waals surface area contributed by atoms with Gasteiger partial charge in [-0.15, -0.1) is 0 Å². The number of ketones is 1. The minimum atomic E-state index is -0.614. The molecule has 4 rings (SSSR count). The molecule has 1 aromatic heterocycles. The highest BCUT2D eigenvalue weighted by molar-refractivity contribution is 6.02. The van der Waals surface area contributed by atoms with Crippen molar-refractivity contribution < 1.29 is 19.4 Å². The van der Waals surface area contributed by atoms with Crippen LogP contribution in [0.3, 0.4) is 0 Å². The highest BCUT2D eigenvalue weighted by Crippen LogP contribution is 2.39. The third-order valence-corrected chi connectivity index (χ3v) is 6.57. The van der Waals surface area contributed by atoms with Crippen molar-refractivity contribution in [2.75, 3.05) is 12.4 Å². The van der Waals surface area contributed by atoms with Crippen molar-refractivity contribution in [2.45, 2.75) is 71.4 Å². The third-order valence-electron chi connectivity index (χ3n) is 6.57. The number of primary amides is 1. The second-order valence-corrected chi connectivity index (χ2v) is 9.66. The number of carbonyl (C=O) groups excluding carboxylic acids is 2. The fraction of sp³-hybridized carbons (Fsp3) is 0.542. The minimum Gasteiger partial charge on any atom is -0.496 e. The van der Waals surface area contributed by atoms with Crippen molar-refractivity contribution in [1.82, 2.24) is 9.78 Å². The van der Waals surface area contributed by atoms with Crippen molar-refractivity contribution in [3.63, 3.8) is 0 Å². The second kappa shape index (κ2) is 8.24. The van der Waals surface area contributed by atoms with Crippen LogP contribution in [-0.4, -0.2) is 45.8 Å². The number of hydrogen-bond acceptors (Lipinski definition) is 6. The number of carbonyl (C=O) groups is 2. The third kappa shape index (κ3) is 3.88. The number of hydrogen-bond donors (Lipinski definition) is 3. The number of aryl methyl sites for hydroxylation is 1. The summed E-state index contributed by atoms with van der Waals surface area (Å²) in [6, 6.07) is 3.37.